The molecule has 15 heteroatoms. The summed E-state index contributed by atoms with van der Waals surface area (Å²) in [7, 11) is -4.48. The fourth-order valence-electron chi connectivity index (χ4n) is 4.72. The molecule has 0 aromatic heterocycles. The van der Waals surface area contributed by atoms with Gasteiger partial charge >= 0.3 is 0 Å². The highest BCUT2D eigenvalue weighted by Gasteiger charge is 2.21. The number of benzene rings is 3. The lowest BCUT2D eigenvalue weighted by Gasteiger charge is -2.34. The van der Waals surface area contributed by atoms with Gasteiger partial charge in [-0.15, -0.1) is 0 Å². The Morgan fingerprint density at radius 3 is 2.23 bits per heavy atom. The number of aromatic hydroxyl groups is 1. The standard InChI is InChI=1S/C29H38N4O9S2/c1-40-28-11-9-25(17-29(28)41-2)44(38,39)31-21-4-6-22(7-5-21)33-14-12-20(13-15-33)30-18-23(34)19-42-24-8-10-27(35)26(16-24)32-43(3,36)37/h4-11,16-17,20,23,30-32,34-35H,12-15,18-19H2,1-3H3. The molecule has 5 N–H and O–H groups in total. The molecule has 0 spiro atoms. The molecule has 0 aliphatic carbocycles. The number of nitrogens with one attached hydrogen (secondary N) is 3. The smallest absolute Gasteiger partial charge is 0.262 e. The number of nitrogens with zero attached hydrogens (tertiary/aromatic N) is 1. The molecule has 44 heavy (non-hydrogen) atoms. The van der Waals surface area contributed by atoms with E-state index in [-0.39, 0.29) is 29.0 Å². The largest absolute Gasteiger partial charge is 0.506 e. The molecule has 3 aromatic carbocycles. The summed E-state index contributed by atoms with van der Waals surface area (Å²) in [5.74, 6) is 0.830. The predicted molar refractivity (Wildman–Crippen MR) is 168 cm³/mol. The maximum Gasteiger partial charge on any atom is 0.262 e. The summed E-state index contributed by atoms with van der Waals surface area (Å²) in [6, 6.07) is 16.0. The van der Waals surface area contributed by atoms with Crippen molar-refractivity contribution in [2.45, 2.75) is 29.9 Å². The van der Waals surface area contributed by atoms with E-state index in [2.05, 4.69) is 19.7 Å². The highest BCUT2D eigenvalue weighted by molar-refractivity contribution is 7.92. The molecule has 1 heterocycles. The highest BCUT2D eigenvalue weighted by Crippen LogP contribution is 2.31. The van der Waals surface area contributed by atoms with Gasteiger partial charge in [0.05, 0.1) is 31.1 Å². The van der Waals surface area contributed by atoms with Crippen LogP contribution in [0.5, 0.6) is 23.0 Å². The van der Waals surface area contributed by atoms with Gasteiger partial charge in [0.15, 0.2) is 11.5 Å². The van der Waals surface area contributed by atoms with Crippen LogP contribution in [-0.4, -0.2) is 85.9 Å². The van der Waals surface area contributed by atoms with Crippen molar-refractivity contribution < 1.29 is 41.3 Å². The molecular formula is C29H38N4O9S2. The number of hydrogen-bond acceptors (Lipinski definition) is 11. The Morgan fingerprint density at radius 2 is 1.59 bits per heavy atom. The number of rotatable bonds is 14. The lowest BCUT2D eigenvalue weighted by atomic mass is 10.0. The van der Waals surface area contributed by atoms with E-state index in [1.54, 1.807) is 18.2 Å². The first kappa shape index (κ1) is 33.0. The molecule has 1 atom stereocenters. The van der Waals surface area contributed by atoms with Gasteiger partial charge in [0, 0.05) is 49.2 Å². The summed E-state index contributed by atoms with van der Waals surface area (Å²) >= 11 is 0. The average molecular weight is 651 g/mol. The molecule has 0 amide bonds. The number of piperidine rings is 1. The normalized spacial score (nSPS) is 15.0. The van der Waals surface area contributed by atoms with Gasteiger partial charge in [0.25, 0.3) is 10.0 Å². The molecule has 0 saturated carbocycles. The summed E-state index contributed by atoms with van der Waals surface area (Å²) in [6.07, 6.45) is 1.87. The van der Waals surface area contributed by atoms with Crippen LogP contribution in [0.2, 0.25) is 0 Å². The van der Waals surface area contributed by atoms with Crippen molar-refractivity contribution in [3.63, 3.8) is 0 Å². The molecule has 1 unspecified atom stereocenters. The number of phenolic OH excluding ortho intramolecular Hbond substituents is 1. The van der Waals surface area contributed by atoms with Gasteiger partial charge in [-0.3, -0.25) is 9.44 Å². The van der Waals surface area contributed by atoms with Gasteiger partial charge in [-0.1, -0.05) is 0 Å². The maximum absolute atomic E-state index is 12.9. The molecule has 13 nitrogen and oxygen atoms in total. The van der Waals surface area contributed by atoms with Crippen LogP contribution in [0.1, 0.15) is 12.8 Å². The van der Waals surface area contributed by atoms with Gasteiger partial charge in [-0.2, -0.15) is 0 Å². The highest BCUT2D eigenvalue weighted by atomic mass is 32.2. The average Bonchev–Trinajstić information content (AvgIpc) is 2.99. The molecule has 0 radical (unpaired) electrons. The van der Waals surface area contributed by atoms with Gasteiger partial charge in [-0.05, 0) is 61.4 Å². The van der Waals surface area contributed by atoms with Crippen LogP contribution in [-0.2, 0) is 20.0 Å². The monoisotopic (exact) mass is 650 g/mol. The zero-order chi connectivity index (χ0) is 31.9. The van der Waals surface area contributed by atoms with Gasteiger partial charge in [-0.25, -0.2) is 16.8 Å². The first-order valence-electron chi connectivity index (χ1n) is 13.8. The molecular weight excluding hydrogens is 612 g/mol. The van der Waals surface area contributed by atoms with Crippen LogP contribution in [0.3, 0.4) is 0 Å². The first-order chi connectivity index (χ1) is 20.9. The molecule has 0 bridgehead atoms. The van der Waals surface area contributed by atoms with Crippen LogP contribution in [0.25, 0.3) is 0 Å². The zero-order valence-electron chi connectivity index (χ0n) is 24.7. The fourth-order valence-corrected chi connectivity index (χ4v) is 6.36. The van der Waals surface area contributed by atoms with Crippen LogP contribution in [0, 0.1) is 0 Å². The van der Waals surface area contributed by atoms with E-state index in [1.807, 2.05) is 12.1 Å². The second kappa shape index (κ2) is 14.2. The fraction of sp³-hybridized carbons (Fsp3) is 0.379. The summed E-state index contributed by atoms with van der Waals surface area (Å²) in [6.45, 7) is 1.86. The van der Waals surface area contributed by atoms with E-state index in [0.717, 1.165) is 37.9 Å². The molecule has 4 rings (SSSR count). The third-order valence-electron chi connectivity index (χ3n) is 6.99. The lowest BCUT2D eigenvalue weighted by Crippen LogP contribution is -2.45. The van der Waals surface area contributed by atoms with E-state index in [4.69, 9.17) is 14.2 Å². The van der Waals surface area contributed by atoms with Gasteiger partial charge in [0.1, 0.15) is 24.2 Å². The van der Waals surface area contributed by atoms with Crippen LogP contribution >= 0.6 is 0 Å². The van der Waals surface area contributed by atoms with E-state index in [0.29, 0.717) is 29.5 Å². The zero-order valence-corrected chi connectivity index (χ0v) is 26.3. The van der Waals surface area contributed by atoms with E-state index in [9.17, 15) is 27.0 Å². The van der Waals surface area contributed by atoms with Crippen LogP contribution < -0.4 is 33.9 Å². The SMILES string of the molecule is COc1ccc(S(=O)(=O)Nc2ccc(N3CCC(NCC(O)COc4ccc(O)c(NS(C)(=O)=O)c4)CC3)cc2)cc1OC. The van der Waals surface area contributed by atoms with Crippen molar-refractivity contribution >= 4 is 37.1 Å². The third-order valence-corrected chi connectivity index (χ3v) is 8.96. The molecule has 240 valence electrons. The number of sulfonamides is 2. The summed E-state index contributed by atoms with van der Waals surface area (Å²) in [5, 5.41) is 23.6. The lowest BCUT2D eigenvalue weighted by molar-refractivity contribution is 0.102. The van der Waals surface area contributed by atoms with E-state index < -0.39 is 26.2 Å². The first-order valence-corrected chi connectivity index (χ1v) is 17.2. The minimum absolute atomic E-state index is 0.00471. The molecule has 1 aliphatic rings. The Morgan fingerprint density at radius 1 is 0.909 bits per heavy atom. The third kappa shape index (κ3) is 9.05. The molecule has 3 aromatic rings. The number of ether oxygens (including phenoxy) is 3. The minimum atomic E-state index is -3.83. The Balaban J connectivity index is 1.22. The summed E-state index contributed by atoms with van der Waals surface area (Å²) in [5.41, 5.74) is 1.41. The molecule has 1 saturated heterocycles. The predicted octanol–water partition coefficient (Wildman–Crippen LogP) is 2.58. The van der Waals surface area contributed by atoms with Crippen molar-refractivity contribution in [1.82, 2.24) is 5.32 Å². The Hall–Kier alpha value is -3.92. The van der Waals surface area contributed by atoms with Crippen molar-refractivity contribution in [3.8, 4) is 23.0 Å². The number of phenols is 1. The summed E-state index contributed by atoms with van der Waals surface area (Å²) in [4.78, 5) is 2.28. The topological polar surface area (TPSA) is 176 Å². The molecule has 1 fully saturated rings. The number of methoxy groups -OCH3 is 2. The second-order valence-electron chi connectivity index (χ2n) is 10.4. The van der Waals surface area contributed by atoms with Crippen LogP contribution in [0.15, 0.2) is 65.6 Å². The minimum Gasteiger partial charge on any atom is -0.506 e. The van der Waals surface area contributed by atoms with Crippen molar-refractivity contribution in [2.24, 2.45) is 0 Å². The summed E-state index contributed by atoms with van der Waals surface area (Å²) < 4.78 is 69.5. The number of aliphatic hydroxyl groups excluding tert-OH is 1. The quantitative estimate of drug-likeness (QED) is 0.162. The Bertz CT molecular complexity index is 1630. The second-order valence-corrected chi connectivity index (χ2v) is 13.8. The Labute approximate surface area is 257 Å². The van der Waals surface area contributed by atoms with Crippen molar-refractivity contribution in [3.05, 3.63) is 60.7 Å². The Kier molecular flexibility index (Phi) is 10.7. The maximum atomic E-state index is 12.9. The molecule has 1 aliphatic heterocycles. The van der Waals surface area contributed by atoms with Crippen LogP contribution in [0.4, 0.5) is 17.1 Å². The van der Waals surface area contributed by atoms with Crippen molar-refractivity contribution in [1.29, 1.82) is 0 Å². The number of hydrogen-bond donors (Lipinski definition) is 5. The number of anilines is 3. The van der Waals surface area contributed by atoms with Gasteiger partial charge < -0.3 is 34.6 Å². The van der Waals surface area contributed by atoms with Gasteiger partial charge in [0.2, 0.25) is 10.0 Å². The van der Waals surface area contributed by atoms with E-state index in [1.165, 1.54) is 44.6 Å². The number of aliphatic hydroxyl groups is 1. The van der Waals surface area contributed by atoms with Crippen molar-refractivity contribution in [2.75, 3.05) is 61.1 Å². The van der Waals surface area contributed by atoms with E-state index >= 15 is 0 Å².